The van der Waals surface area contributed by atoms with E-state index in [-0.39, 0.29) is 44.1 Å². The molecule has 2 saturated heterocycles. The Labute approximate surface area is 237 Å². The smallest absolute Gasteiger partial charge is 0.405 e. The number of hydrogen-bond donors (Lipinski definition) is 0. The van der Waals surface area contributed by atoms with Crippen molar-refractivity contribution in [1.29, 1.82) is 0 Å². The summed E-state index contributed by atoms with van der Waals surface area (Å²) in [7, 11) is -0.952. The Morgan fingerprint density at radius 2 is 0.946 bits per heavy atom. The summed E-state index contributed by atoms with van der Waals surface area (Å²) in [5, 5.41) is 0. The molecule has 0 N–H and O–H groups in total. The van der Waals surface area contributed by atoms with Gasteiger partial charge in [-0.2, -0.15) is 0 Å². The van der Waals surface area contributed by atoms with E-state index in [1.807, 2.05) is 55.4 Å². The summed E-state index contributed by atoms with van der Waals surface area (Å²) in [6, 6.07) is 13.4. The zero-order valence-electron chi connectivity index (χ0n) is 23.1. The molecule has 0 spiro atoms. The van der Waals surface area contributed by atoms with E-state index in [0.29, 0.717) is 0 Å². The summed E-state index contributed by atoms with van der Waals surface area (Å²) in [6.07, 6.45) is 0. The Balaban J connectivity index is 0.000000352. The van der Waals surface area contributed by atoms with Gasteiger partial charge in [0, 0.05) is 11.3 Å². The molecule has 4 nitrogen and oxygen atoms in total. The summed E-state index contributed by atoms with van der Waals surface area (Å²) in [6.45, 7) is 23.0. The molecule has 2 heterocycles. The molecule has 0 amide bonds. The van der Waals surface area contributed by atoms with Gasteiger partial charge in [-0.05, 0) is 96.7 Å². The average molecular weight is 576 g/mol. The Bertz CT molecular complexity index is 1030. The molecule has 1 aliphatic carbocycles. The Hall–Kier alpha value is -1.11. The lowest BCUT2D eigenvalue weighted by atomic mass is 9.49. The lowest BCUT2D eigenvalue weighted by Gasteiger charge is -2.32. The van der Waals surface area contributed by atoms with Crippen LogP contribution in [0, 0.1) is 6.92 Å². The van der Waals surface area contributed by atoms with Crippen LogP contribution in [0.15, 0.2) is 40.9 Å². The second kappa shape index (κ2) is 10.1. The molecule has 0 saturated carbocycles. The highest BCUT2D eigenvalue weighted by Crippen LogP contribution is 2.49. The van der Waals surface area contributed by atoms with Crippen molar-refractivity contribution < 1.29 is 20.0 Å². The van der Waals surface area contributed by atoms with E-state index in [1.54, 1.807) is 0 Å². The lowest BCUT2D eigenvalue weighted by molar-refractivity contribution is 0.00578. The minimum Gasteiger partial charge on any atom is -0.405 e. The first kappa shape index (κ1) is 32.1. The number of benzene rings is 2. The number of halogens is 1. The van der Waals surface area contributed by atoms with E-state index < -0.39 is 14.0 Å². The highest BCUT2D eigenvalue weighted by molar-refractivity contribution is 9.10. The minimum atomic E-state index is -0.476. The van der Waals surface area contributed by atoms with Gasteiger partial charge in [0.25, 0.3) is 0 Å². The number of hydrogen-bond acceptors (Lipinski definition) is 4. The number of rotatable bonds is 1. The van der Waals surface area contributed by atoms with Gasteiger partial charge in [0.05, 0.1) is 22.4 Å². The second-order valence-electron chi connectivity index (χ2n) is 12.6. The molecule has 37 heavy (non-hydrogen) atoms. The van der Waals surface area contributed by atoms with Gasteiger partial charge >= 0.3 is 14.0 Å². The Morgan fingerprint density at radius 3 is 1.35 bits per heavy atom. The van der Waals surface area contributed by atoms with Gasteiger partial charge in [0.15, 0.2) is 0 Å². The first-order valence-electron chi connectivity index (χ1n) is 12.5. The van der Waals surface area contributed by atoms with Crippen LogP contribution in [0.4, 0.5) is 0 Å². The van der Waals surface area contributed by atoms with Crippen molar-refractivity contribution in [3.8, 4) is 11.1 Å². The van der Waals surface area contributed by atoms with Crippen LogP contribution in [0.5, 0.6) is 0 Å². The molecule has 2 aliphatic heterocycles. The molecule has 0 radical (unpaired) electrons. The molecular weight excluding hydrogens is 526 g/mol. The summed E-state index contributed by atoms with van der Waals surface area (Å²) in [4.78, 5) is 0. The maximum Gasteiger partial charge on any atom is 0.488 e. The van der Waals surface area contributed by atoms with Crippen molar-refractivity contribution in [3.05, 3.63) is 57.6 Å². The minimum absolute atomic E-state index is 0. The van der Waals surface area contributed by atoms with Crippen LogP contribution in [0.25, 0.3) is 11.1 Å². The molecule has 0 bridgehead atoms. The van der Waals surface area contributed by atoms with Gasteiger partial charge in [-0.3, -0.25) is 0 Å². The first-order valence-corrected chi connectivity index (χ1v) is 13.3. The van der Waals surface area contributed by atoms with Crippen LogP contribution >= 0.6 is 15.9 Å². The van der Waals surface area contributed by atoms with Crippen LogP contribution in [-0.2, 0) is 24.0 Å². The summed E-state index contributed by atoms with van der Waals surface area (Å²) in [5.41, 5.74) is 5.66. The van der Waals surface area contributed by atoms with Crippen molar-refractivity contribution in [3.63, 3.8) is 0 Å². The van der Waals surface area contributed by atoms with Crippen molar-refractivity contribution in [2.45, 2.75) is 119 Å². The van der Waals surface area contributed by atoms with Gasteiger partial charge in [-0.1, -0.05) is 74.5 Å². The predicted octanol–water partition coefficient (Wildman–Crippen LogP) is 8.83. The molecule has 206 valence electrons. The molecule has 2 fully saturated rings. The van der Waals surface area contributed by atoms with Gasteiger partial charge < -0.3 is 18.6 Å². The fourth-order valence-corrected chi connectivity index (χ4v) is 5.18. The van der Waals surface area contributed by atoms with Crippen molar-refractivity contribution in [2.24, 2.45) is 0 Å². The monoisotopic (exact) mass is 575 g/mol. The fourth-order valence-electron chi connectivity index (χ4n) is 4.82. The standard InChI is InChI=1S/C16H15Br.C12H24B2O4.2CH4.H2/c1-10-4-6-12-13-7-5-11(17)9-15(13)16(2,3)14(12)8-10;1-9(2)10(3,4)16-13(15-9)14-17-11(5,6)12(7,8)18-14;;;/h4-9H,1-3H3;1-8H3;2*1H4;1H/i;;;;1+1. The molecule has 0 unspecified atom stereocenters. The van der Waals surface area contributed by atoms with Gasteiger partial charge in [-0.15, -0.1) is 0 Å². The Kier molecular flexibility index (Phi) is 8.79. The molecule has 2 aromatic rings. The quantitative estimate of drug-likeness (QED) is 0.318. The molecule has 5 rings (SSSR count). The number of fused-ring (bicyclic) bond motifs is 3. The zero-order valence-corrected chi connectivity index (χ0v) is 24.7. The van der Waals surface area contributed by atoms with Crippen molar-refractivity contribution in [1.82, 2.24) is 0 Å². The first-order chi connectivity index (χ1) is 15.9. The third kappa shape index (κ3) is 5.49. The van der Waals surface area contributed by atoms with Crippen LogP contribution in [0.3, 0.4) is 0 Å². The average Bonchev–Trinajstić information content (AvgIpc) is 3.17. The zero-order chi connectivity index (χ0) is 26.2. The van der Waals surface area contributed by atoms with Gasteiger partial charge in [0.1, 0.15) is 0 Å². The van der Waals surface area contributed by atoms with E-state index in [4.69, 9.17) is 18.6 Å². The maximum atomic E-state index is 5.96. The topological polar surface area (TPSA) is 36.9 Å². The van der Waals surface area contributed by atoms with Crippen LogP contribution < -0.4 is 0 Å². The van der Waals surface area contributed by atoms with E-state index in [0.717, 1.165) is 4.47 Å². The van der Waals surface area contributed by atoms with E-state index >= 15 is 0 Å². The third-order valence-electron chi connectivity index (χ3n) is 8.56. The molecule has 7 heteroatoms. The molecule has 0 aromatic heterocycles. The Morgan fingerprint density at radius 1 is 0.595 bits per heavy atom. The van der Waals surface area contributed by atoms with Gasteiger partial charge in [-0.25, -0.2) is 0 Å². The molecule has 3 aliphatic rings. The highest BCUT2D eigenvalue weighted by Gasteiger charge is 2.63. The predicted molar refractivity (Wildman–Crippen MR) is 164 cm³/mol. The van der Waals surface area contributed by atoms with Crippen molar-refractivity contribution in [2.75, 3.05) is 0 Å². The van der Waals surface area contributed by atoms with Crippen LogP contribution in [0.2, 0.25) is 0 Å². The summed E-state index contributed by atoms with van der Waals surface area (Å²) in [5.74, 6) is 0. The van der Waals surface area contributed by atoms with Gasteiger partial charge in [0.2, 0.25) is 0 Å². The van der Waals surface area contributed by atoms with E-state index in [2.05, 4.69) is 73.1 Å². The molecular formula is C30H49B2BrO4. The lowest BCUT2D eigenvalue weighted by Crippen LogP contribution is -2.41. The fraction of sp³-hybridized carbons (Fsp3) is 0.600. The second-order valence-corrected chi connectivity index (χ2v) is 13.5. The SMILES string of the molecule is C.C.CC1(C)OB(B2OC(C)(C)C(C)(C)O2)OC1(C)C.Cc1ccc2c(c1)C(C)(C)c1cc(Br)ccc1-2.[2HH]. The maximum absolute atomic E-state index is 5.96. The molecule has 2 aromatic carbocycles. The summed E-state index contributed by atoms with van der Waals surface area (Å²) < 4.78 is 25.0. The normalized spacial score (nSPS) is 22.7. The third-order valence-corrected chi connectivity index (χ3v) is 9.05. The summed E-state index contributed by atoms with van der Waals surface area (Å²) >= 11 is 3.58. The van der Waals surface area contributed by atoms with E-state index in [1.165, 1.54) is 27.8 Å². The van der Waals surface area contributed by atoms with Crippen molar-refractivity contribution >= 4 is 29.9 Å². The number of aryl methyl sites for hydroxylation is 1. The highest BCUT2D eigenvalue weighted by atomic mass is 79.9. The van der Waals surface area contributed by atoms with E-state index in [9.17, 15) is 0 Å². The van der Waals surface area contributed by atoms with Crippen LogP contribution in [0.1, 0.15) is 102 Å². The molecule has 0 atom stereocenters. The largest absolute Gasteiger partial charge is 0.488 e. The van der Waals surface area contributed by atoms with Crippen LogP contribution in [-0.4, -0.2) is 36.4 Å².